The molecule has 0 aliphatic rings. The number of aromatic nitrogens is 1. The first-order valence-corrected chi connectivity index (χ1v) is 7.50. The van der Waals surface area contributed by atoms with E-state index in [-0.39, 0.29) is 11.4 Å². The molecule has 7 nitrogen and oxygen atoms in total. The Balaban J connectivity index is 1.90. The molecule has 0 aliphatic heterocycles. The molecule has 0 radical (unpaired) electrons. The number of anilines is 1. The normalized spacial score (nSPS) is 10.5. The zero-order valence-electron chi connectivity index (χ0n) is 13.6. The van der Waals surface area contributed by atoms with Crippen LogP contribution in [-0.4, -0.2) is 22.9 Å². The van der Waals surface area contributed by atoms with Crippen LogP contribution < -0.4 is 10.1 Å². The highest BCUT2D eigenvalue weighted by Crippen LogP contribution is 2.26. The van der Waals surface area contributed by atoms with Crippen LogP contribution in [0.15, 0.2) is 48.5 Å². The predicted octanol–water partition coefficient (Wildman–Crippen LogP) is 3.71. The first-order valence-electron chi connectivity index (χ1n) is 7.50. The number of nitrogens with one attached hydrogen (secondary N) is 1. The van der Waals surface area contributed by atoms with Crippen molar-refractivity contribution in [3.63, 3.8) is 0 Å². The lowest BCUT2D eigenvalue weighted by atomic mass is 10.1. The number of fused-ring (bicyclic) bond motifs is 1. The lowest BCUT2D eigenvalue weighted by molar-refractivity contribution is -0.385. The van der Waals surface area contributed by atoms with Crippen LogP contribution in [0.1, 0.15) is 16.1 Å². The molecule has 0 fully saturated rings. The van der Waals surface area contributed by atoms with Gasteiger partial charge in [0.15, 0.2) is 0 Å². The zero-order chi connectivity index (χ0) is 18.0. The first-order chi connectivity index (χ1) is 12.0. The van der Waals surface area contributed by atoms with Crippen molar-refractivity contribution in [3.8, 4) is 5.75 Å². The topological polar surface area (TPSA) is 94.4 Å². The number of ether oxygens (including phenoxy) is 1. The maximum absolute atomic E-state index is 12.4. The van der Waals surface area contributed by atoms with Gasteiger partial charge in [0, 0.05) is 11.5 Å². The molecule has 3 rings (SSSR count). The Morgan fingerprint density at radius 2 is 2.00 bits per heavy atom. The summed E-state index contributed by atoms with van der Waals surface area (Å²) in [6.07, 6.45) is 0. The molecule has 126 valence electrons. The summed E-state index contributed by atoms with van der Waals surface area (Å²) in [4.78, 5) is 27.3. The van der Waals surface area contributed by atoms with Crippen molar-refractivity contribution in [2.75, 3.05) is 12.4 Å². The summed E-state index contributed by atoms with van der Waals surface area (Å²) >= 11 is 0. The smallest absolute Gasteiger partial charge is 0.274 e. The molecule has 3 aromatic rings. The molecule has 0 spiro atoms. The van der Waals surface area contributed by atoms with E-state index in [9.17, 15) is 14.9 Å². The van der Waals surface area contributed by atoms with Crippen LogP contribution in [0.3, 0.4) is 0 Å². The maximum atomic E-state index is 12.4. The average Bonchev–Trinajstić information content (AvgIpc) is 2.62. The van der Waals surface area contributed by atoms with Crippen molar-refractivity contribution in [1.29, 1.82) is 0 Å². The number of hydrogen-bond donors (Lipinski definition) is 1. The number of nitrogens with zero attached hydrogens (tertiary/aromatic N) is 2. The van der Waals surface area contributed by atoms with Gasteiger partial charge in [0.2, 0.25) is 0 Å². The van der Waals surface area contributed by atoms with Crippen LogP contribution in [-0.2, 0) is 0 Å². The van der Waals surface area contributed by atoms with E-state index in [0.717, 1.165) is 5.39 Å². The molecule has 2 aromatic carbocycles. The lowest BCUT2D eigenvalue weighted by Crippen LogP contribution is -2.14. The second-order valence-electron chi connectivity index (χ2n) is 5.42. The van der Waals surface area contributed by atoms with Crippen molar-refractivity contribution in [2.24, 2.45) is 0 Å². The van der Waals surface area contributed by atoms with Gasteiger partial charge >= 0.3 is 0 Å². The van der Waals surface area contributed by atoms with Gasteiger partial charge in [-0.25, -0.2) is 4.98 Å². The Bertz CT molecular complexity index is 985. The van der Waals surface area contributed by atoms with Gasteiger partial charge in [-0.15, -0.1) is 0 Å². The molecular formula is C18H15N3O4. The highest BCUT2D eigenvalue weighted by molar-refractivity contribution is 6.04. The van der Waals surface area contributed by atoms with E-state index in [0.29, 0.717) is 22.5 Å². The molecule has 1 heterocycles. The van der Waals surface area contributed by atoms with E-state index < -0.39 is 10.8 Å². The van der Waals surface area contributed by atoms with Crippen molar-refractivity contribution < 1.29 is 14.5 Å². The molecule has 1 aromatic heterocycles. The summed E-state index contributed by atoms with van der Waals surface area (Å²) in [6, 6.07) is 13.3. The Hall–Kier alpha value is -3.48. The molecule has 0 aliphatic carbocycles. The van der Waals surface area contributed by atoms with Crippen molar-refractivity contribution >= 4 is 28.2 Å². The largest absolute Gasteiger partial charge is 0.497 e. The Kier molecular flexibility index (Phi) is 4.30. The minimum Gasteiger partial charge on any atom is -0.497 e. The van der Waals surface area contributed by atoms with Crippen LogP contribution in [0, 0.1) is 17.0 Å². The highest BCUT2D eigenvalue weighted by atomic mass is 16.6. The summed E-state index contributed by atoms with van der Waals surface area (Å²) in [5.41, 5.74) is 1.62. The third-order valence-electron chi connectivity index (χ3n) is 3.88. The van der Waals surface area contributed by atoms with Gasteiger partial charge in [0.1, 0.15) is 11.4 Å². The molecule has 0 bridgehead atoms. The van der Waals surface area contributed by atoms with E-state index in [2.05, 4.69) is 10.3 Å². The van der Waals surface area contributed by atoms with E-state index in [4.69, 9.17) is 4.74 Å². The third kappa shape index (κ3) is 3.25. The first kappa shape index (κ1) is 16.4. The lowest BCUT2D eigenvalue weighted by Gasteiger charge is -2.09. The number of carbonyl (C=O) groups is 1. The van der Waals surface area contributed by atoms with Gasteiger partial charge in [-0.2, -0.15) is 0 Å². The number of nitro groups is 1. The van der Waals surface area contributed by atoms with Gasteiger partial charge in [-0.05, 0) is 37.3 Å². The van der Waals surface area contributed by atoms with E-state index in [1.165, 1.54) is 12.1 Å². The summed E-state index contributed by atoms with van der Waals surface area (Å²) in [5.74, 6) is 0.278. The third-order valence-corrected chi connectivity index (χ3v) is 3.88. The number of nitro benzene ring substituents is 1. The molecule has 0 atom stereocenters. The van der Waals surface area contributed by atoms with Gasteiger partial charge in [0.25, 0.3) is 11.6 Å². The van der Waals surface area contributed by atoms with Crippen LogP contribution in [0.25, 0.3) is 10.9 Å². The quantitative estimate of drug-likeness (QED) is 0.578. The Morgan fingerprint density at radius 1 is 1.20 bits per heavy atom. The average molecular weight is 337 g/mol. The summed E-state index contributed by atoms with van der Waals surface area (Å²) in [5, 5.41) is 14.5. The number of pyridine rings is 1. The van der Waals surface area contributed by atoms with Crippen molar-refractivity contribution in [3.05, 3.63) is 69.9 Å². The minimum absolute atomic E-state index is 0.0450. The molecule has 1 N–H and O–H groups in total. The highest BCUT2D eigenvalue weighted by Gasteiger charge is 2.16. The van der Waals surface area contributed by atoms with Crippen molar-refractivity contribution in [2.45, 2.75) is 6.92 Å². The van der Waals surface area contributed by atoms with Crippen molar-refractivity contribution in [1.82, 2.24) is 4.98 Å². The summed E-state index contributed by atoms with van der Waals surface area (Å²) < 4.78 is 5.16. The molecule has 1 amide bonds. The summed E-state index contributed by atoms with van der Waals surface area (Å²) in [7, 11) is 1.58. The number of rotatable bonds is 4. The number of benzene rings is 2. The van der Waals surface area contributed by atoms with Gasteiger partial charge < -0.3 is 10.1 Å². The Morgan fingerprint density at radius 3 is 2.72 bits per heavy atom. The van der Waals surface area contributed by atoms with Crippen LogP contribution in [0.5, 0.6) is 5.75 Å². The number of amides is 1. The van der Waals surface area contributed by atoms with Gasteiger partial charge in [-0.1, -0.05) is 12.1 Å². The van der Waals surface area contributed by atoms with E-state index in [1.807, 2.05) is 6.07 Å². The van der Waals surface area contributed by atoms with Crippen LogP contribution in [0.4, 0.5) is 11.4 Å². The number of methoxy groups -OCH3 is 1. The fourth-order valence-electron chi connectivity index (χ4n) is 2.50. The molecule has 0 saturated carbocycles. The fraction of sp³-hybridized carbons (Fsp3) is 0.111. The molecule has 25 heavy (non-hydrogen) atoms. The SMILES string of the molecule is COc1ccc2nc(C(=O)Nc3cccc([N+](=O)[O-])c3C)ccc2c1. The summed E-state index contributed by atoms with van der Waals surface area (Å²) in [6.45, 7) is 1.59. The minimum atomic E-state index is -0.480. The van der Waals surface area contributed by atoms with Gasteiger partial charge in [0.05, 0.1) is 28.8 Å². The Labute approximate surface area is 143 Å². The molecule has 0 saturated heterocycles. The number of hydrogen-bond acceptors (Lipinski definition) is 5. The van der Waals surface area contributed by atoms with E-state index in [1.54, 1.807) is 44.4 Å². The van der Waals surface area contributed by atoms with Crippen LogP contribution in [0.2, 0.25) is 0 Å². The van der Waals surface area contributed by atoms with Gasteiger partial charge in [-0.3, -0.25) is 14.9 Å². The monoisotopic (exact) mass is 337 g/mol. The number of carbonyl (C=O) groups excluding carboxylic acids is 1. The maximum Gasteiger partial charge on any atom is 0.274 e. The molecular weight excluding hydrogens is 322 g/mol. The standard InChI is InChI=1S/C18H15N3O4/c1-11-14(4-3-5-17(11)21(23)24)20-18(22)16-8-6-12-10-13(25-2)7-9-15(12)19-16/h3-10H,1-2H3,(H,20,22). The van der Waals surface area contributed by atoms with E-state index >= 15 is 0 Å². The molecule has 7 heteroatoms. The zero-order valence-corrected chi connectivity index (χ0v) is 13.6. The second-order valence-corrected chi connectivity index (χ2v) is 5.42. The van der Waals surface area contributed by atoms with Crippen LogP contribution >= 0.6 is 0 Å². The molecule has 0 unspecified atom stereocenters. The second kappa shape index (κ2) is 6.56. The predicted molar refractivity (Wildman–Crippen MR) is 94.1 cm³/mol. The fourth-order valence-corrected chi connectivity index (χ4v) is 2.50.